The first-order chi connectivity index (χ1) is 6.27. The van der Waals surface area contributed by atoms with Crippen molar-refractivity contribution in [2.24, 2.45) is 5.73 Å². The van der Waals surface area contributed by atoms with Crippen molar-refractivity contribution in [3.8, 4) is 0 Å². The molecule has 0 unspecified atom stereocenters. The predicted octanol–water partition coefficient (Wildman–Crippen LogP) is 0.0829. The Morgan fingerprint density at radius 3 is 3.08 bits per heavy atom. The summed E-state index contributed by atoms with van der Waals surface area (Å²) < 4.78 is 2.00. The van der Waals surface area contributed by atoms with Gasteiger partial charge in [0.05, 0.1) is 0 Å². The molecule has 0 radical (unpaired) electrons. The molecule has 1 aromatic rings. The first kappa shape index (κ1) is 9.80. The highest BCUT2D eigenvalue weighted by Crippen LogP contribution is 2.01. The molecule has 4 heteroatoms. The number of carbonyl (C=O) groups excluding carboxylic acids is 1. The number of aromatic nitrogens is 1. The van der Waals surface area contributed by atoms with E-state index in [4.69, 9.17) is 5.73 Å². The molecule has 0 aliphatic rings. The Kier molecular flexibility index (Phi) is 3.52. The Hall–Kier alpha value is -1.29. The van der Waals surface area contributed by atoms with Gasteiger partial charge in [-0.3, -0.25) is 4.79 Å². The lowest BCUT2D eigenvalue weighted by Gasteiger charge is -2.06. The maximum atomic E-state index is 11.0. The van der Waals surface area contributed by atoms with Gasteiger partial charge in [-0.1, -0.05) is 0 Å². The highest BCUT2D eigenvalue weighted by Gasteiger charge is 2.01. The second-order valence-corrected chi connectivity index (χ2v) is 2.82. The largest absolute Gasteiger partial charge is 0.359 e. The van der Waals surface area contributed by atoms with Gasteiger partial charge in [0.25, 0.3) is 0 Å². The minimum atomic E-state index is 0.0525. The van der Waals surface area contributed by atoms with E-state index in [1.54, 1.807) is 7.05 Å². The fraction of sp³-hybridized carbons (Fsp3) is 0.444. The quantitative estimate of drug-likeness (QED) is 0.691. The van der Waals surface area contributed by atoms with Gasteiger partial charge in [0.1, 0.15) is 0 Å². The molecule has 1 amide bonds. The van der Waals surface area contributed by atoms with Crippen LogP contribution in [0, 0.1) is 0 Å². The smallest absolute Gasteiger partial charge is 0.221 e. The summed E-state index contributed by atoms with van der Waals surface area (Å²) in [5.41, 5.74) is 6.57. The average Bonchev–Trinajstić information content (AvgIpc) is 2.61. The molecule has 3 N–H and O–H groups in total. The number of carbonyl (C=O) groups is 1. The van der Waals surface area contributed by atoms with Crippen molar-refractivity contribution in [1.82, 2.24) is 9.88 Å². The van der Waals surface area contributed by atoms with Gasteiger partial charge in [-0.25, -0.2) is 0 Å². The number of hydrogen-bond acceptors (Lipinski definition) is 2. The third-order valence-electron chi connectivity index (χ3n) is 1.99. The molecular weight excluding hydrogens is 166 g/mol. The van der Waals surface area contributed by atoms with Crippen LogP contribution in [-0.4, -0.2) is 17.5 Å². The zero-order chi connectivity index (χ0) is 9.68. The van der Waals surface area contributed by atoms with E-state index in [0.717, 1.165) is 5.69 Å². The van der Waals surface area contributed by atoms with E-state index < -0.39 is 0 Å². The number of nitrogens with one attached hydrogen (secondary N) is 1. The summed E-state index contributed by atoms with van der Waals surface area (Å²) in [6.45, 7) is 1.21. The molecule has 1 rings (SSSR count). The standard InChI is InChI=1S/C9H15N3O/c1-11-9(13)4-6-12-5-2-3-8(12)7-10/h2-3,5H,4,6-7,10H2,1H3,(H,11,13). The number of nitrogens with zero attached hydrogens (tertiary/aromatic N) is 1. The summed E-state index contributed by atoms with van der Waals surface area (Å²) in [7, 11) is 1.64. The molecule has 13 heavy (non-hydrogen) atoms. The Balaban J connectivity index is 2.49. The van der Waals surface area contributed by atoms with E-state index in [9.17, 15) is 4.79 Å². The van der Waals surface area contributed by atoms with E-state index >= 15 is 0 Å². The lowest BCUT2D eigenvalue weighted by atomic mass is 10.3. The summed E-state index contributed by atoms with van der Waals surface area (Å²) in [4.78, 5) is 11.0. The molecule has 0 atom stereocenters. The van der Waals surface area contributed by atoms with Crippen molar-refractivity contribution >= 4 is 5.91 Å². The minimum absolute atomic E-state index is 0.0525. The summed E-state index contributed by atoms with van der Waals surface area (Å²) in [5, 5.41) is 2.58. The molecule has 4 nitrogen and oxygen atoms in total. The number of amides is 1. The third kappa shape index (κ3) is 2.59. The topological polar surface area (TPSA) is 60.0 Å². The van der Waals surface area contributed by atoms with Crippen molar-refractivity contribution in [1.29, 1.82) is 0 Å². The molecular formula is C9H15N3O. The molecule has 0 aromatic carbocycles. The van der Waals surface area contributed by atoms with E-state index in [2.05, 4.69) is 5.32 Å². The fourth-order valence-corrected chi connectivity index (χ4v) is 1.20. The van der Waals surface area contributed by atoms with Gasteiger partial charge < -0.3 is 15.6 Å². The van der Waals surface area contributed by atoms with E-state index in [0.29, 0.717) is 19.5 Å². The highest BCUT2D eigenvalue weighted by molar-refractivity contribution is 5.75. The summed E-state index contributed by atoms with van der Waals surface area (Å²) >= 11 is 0. The van der Waals surface area contributed by atoms with Crippen LogP contribution >= 0.6 is 0 Å². The average molecular weight is 181 g/mol. The SMILES string of the molecule is CNC(=O)CCn1cccc1CN. The van der Waals surface area contributed by atoms with E-state index in [-0.39, 0.29) is 5.91 Å². The molecule has 72 valence electrons. The Morgan fingerprint density at radius 2 is 2.46 bits per heavy atom. The van der Waals surface area contributed by atoms with Crippen LogP contribution in [0.2, 0.25) is 0 Å². The van der Waals surface area contributed by atoms with Crippen LogP contribution in [0.4, 0.5) is 0 Å². The molecule has 0 aliphatic carbocycles. The first-order valence-corrected chi connectivity index (χ1v) is 4.32. The van der Waals surface area contributed by atoms with E-state index in [1.165, 1.54) is 0 Å². The Morgan fingerprint density at radius 1 is 1.69 bits per heavy atom. The lowest BCUT2D eigenvalue weighted by Crippen LogP contribution is -2.20. The second kappa shape index (κ2) is 4.67. The molecule has 1 aromatic heterocycles. The van der Waals surface area contributed by atoms with Gasteiger partial charge in [-0.05, 0) is 12.1 Å². The van der Waals surface area contributed by atoms with Crippen molar-refractivity contribution in [2.45, 2.75) is 19.5 Å². The van der Waals surface area contributed by atoms with Crippen LogP contribution in [0.25, 0.3) is 0 Å². The summed E-state index contributed by atoms with van der Waals surface area (Å²) in [5.74, 6) is 0.0525. The maximum Gasteiger partial charge on any atom is 0.221 e. The highest BCUT2D eigenvalue weighted by atomic mass is 16.1. The van der Waals surface area contributed by atoms with Crippen LogP contribution in [0.1, 0.15) is 12.1 Å². The molecule has 1 heterocycles. The van der Waals surface area contributed by atoms with Crippen molar-refractivity contribution in [3.05, 3.63) is 24.0 Å². The normalized spacial score (nSPS) is 10.0. The maximum absolute atomic E-state index is 11.0. The van der Waals surface area contributed by atoms with Crippen LogP contribution in [0.15, 0.2) is 18.3 Å². The zero-order valence-corrected chi connectivity index (χ0v) is 7.79. The lowest BCUT2D eigenvalue weighted by molar-refractivity contribution is -0.120. The van der Waals surface area contributed by atoms with E-state index in [1.807, 2.05) is 22.9 Å². The van der Waals surface area contributed by atoms with Crippen molar-refractivity contribution in [2.75, 3.05) is 7.05 Å². The minimum Gasteiger partial charge on any atom is -0.359 e. The first-order valence-electron chi connectivity index (χ1n) is 4.32. The molecule has 0 bridgehead atoms. The van der Waals surface area contributed by atoms with Gasteiger partial charge in [0.2, 0.25) is 5.91 Å². The third-order valence-corrected chi connectivity index (χ3v) is 1.99. The van der Waals surface area contributed by atoms with Crippen molar-refractivity contribution < 1.29 is 4.79 Å². The summed E-state index contributed by atoms with van der Waals surface area (Å²) in [6.07, 6.45) is 2.43. The summed E-state index contributed by atoms with van der Waals surface area (Å²) in [6, 6.07) is 3.90. The predicted molar refractivity (Wildman–Crippen MR) is 51.0 cm³/mol. The number of rotatable bonds is 4. The van der Waals surface area contributed by atoms with Gasteiger partial charge >= 0.3 is 0 Å². The zero-order valence-electron chi connectivity index (χ0n) is 7.79. The molecule has 0 fully saturated rings. The number of hydrogen-bond donors (Lipinski definition) is 2. The molecule has 0 saturated heterocycles. The van der Waals surface area contributed by atoms with Crippen LogP contribution in [-0.2, 0) is 17.9 Å². The number of nitrogens with two attached hydrogens (primary N) is 1. The molecule has 0 aliphatic heterocycles. The van der Waals surface area contributed by atoms with Crippen LogP contribution in [0.3, 0.4) is 0 Å². The van der Waals surface area contributed by atoms with Gasteiger partial charge in [-0.15, -0.1) is 0 Å². The Bertz CT molecular complexity index is 280. The second-order valence-electron chi connectivity index (χ2n) is 2.82. The Labute approximate surface area is 77.7 Å². The van der Waals surface area contributed by atoms with Crippen LogP contribution in [0.5, 0.6) is 0 Å². The number of aryl methyl sites for hydroxylation is 1. The van der Waals surface area contributed by atoms with Gasteiger partial charge in [0.15, 0.2) is 0 Å². The molecule has 0 saturated carbocycles. The fourth-order valence-electron chi connectivity index (χ4n) is 1.20. The van der Waals surface area contributed by atoms with Gasteiger partial charge in [0, 0.05) is 38.4 Å². The monoisotopic (exact) mass is 181 g/mol. The molecule has 0 spiro atoms. The van der Waals surface area contributed by atoms with Crippen LogP contribution < -0.4 is 11.1 Å². The van der Waals surface area contributed by atoms with Gasteiger partial charge in [-0.2, -0.15) is 0 Å². The van der Waals surface area contributed by atoms with Crippen molar-refractivity contribution in [3.63, 3.8) is 0 Å².